The van der Waals surface area contributed by atoms with Crippen LogP contribution in [0, 0.1) is 0 Å². The first-order chi connectivity index (χ1) is 12.7. The average Bonchev–Trinajstić information content (AvgIpc) is 3.25. The monoisotopic (exact) mass is 350 g/mol. The van der Waals surface area contributed by atoms with E-state index in [0.717, 1.165) is 40.6 Å². The Hall–Kier alpha value is -2.95. The molecule has 2 N–H and O–H groups in total. The Balaban J connectivity index is 1.51. The van der Waals surface area contributed by atoms with Crippen molar-refractivity contribution in [2.75, 3.05) is 14.2 Å². The molecule has 3 aromatic rings. The van der Waals surface area contributed by atoms with Crippen LogP contribution in [0.1, 0.15) is 29.2 Å². The van der Waals surface area contributed by atoms with E-state index in [1.54, 1.807) is 14.2 Å². The summed E-state index contributed by atoms with van der Waals surface area (Å²) in [6, 6.07) is 12.0. The van der Waals surface area contributed by atoms with Gasteiger partial charge in [0, 0.05) is 17.1 Å². The van der Waals surface area contributed by atoms with Gasteiger partial charge in [-0.3, -0.25) is 4.79 Å². The van der Waals surface area contributed by atoms with E-state index in [1.807, 2.05) is 42.6 Å². The Morgan fingerprint density at radius 1 is 1.19 bits per heavy atom. The fraction of sp³-hybridized carbons (Fsp3) is 0.286. The number of carbonyl (C=O) groups excluding carboxylic acids is 1. The Kier molecular flexibility index (Phi) is 4.29. The maximum Gasteiger partial charge on any atom is 0.224 e. The molecule has 26 heavy (non-hydrogen) atoms. The van der Waals surface area contributed by atoms with Gasteiger partial charge in [-0.15, -0.1) is 0 Å². The van der Waals surface area contributed by atoms with Crippen LogP contribution in [0.25, 0.3) is 10.9 Å². The molecule has 0 radical (unpaired) electrons. The number of hydrogen-bond acceptors (Lipinski definition) is 3. The lowest BCUT2D eigenvalue weighted by Crippen LogP contribution is -2.28. The summed E-state index contributed by atoms with van der Waals surface area (Å²) in [5.41, 5.74) is 4.40. The van der Waals surface area contributed by atoms with Crippen LogP contribution in [-0.2, 0) is 17.6 Å². The molecule has 1 aliphatic carbocycles. The molecule has 1 heterocycles. The van der Waals surface area contributed by atoms with Crippen molar-refractivity contribution in [3.05, 3.63) is 59.3 Å². The van der Waals surface area contributed by atoms with Crippen LogP contribution < -0.4 is 14.8 Å². The Morgan fingerprint density at radius 3 is 2.77 bits per heavy atom. The predicted octanol–water partition coefficient (Wildman–Crippen LogP) is 3.53. The molecule has 1 aliphatic rings. The highest BCUT2D eigenvalue weighted by Crippen LogP contribution is 2.39. The first-order valence-electron chi connectivity index (χ1n) is 8.78. The van der Waals surface area contributed by atoms with E-state index < -0.39 is 0 Å². The van der Waals surface area contributed by atoms with Crippen molar-refractivity contribution in [2.24, 2.45) is 0 Å². The number of benzene rings is 2. The maximum absolute atomic E-state index is 12.6. The fourth-order valence-corrected chi connectivity index (χ4v) is 3.78. The minimum absolute atomic E-state index is 0.0162. The Morgan fingerprint density at radius 2 is 1.96 bits per heavy atom. The van der Waals surface area contributed by atoms with Crippen LogP contribution in [0.15, 0.2) is 42.6 Å². The van der Waals surface area contributed by atoms with Gasteiger partial charge in [0.2, 0.25) is 5.91 Å². The van der Waals surface area contributed by atoms with Crippen LogP contribution in [-0.4, -0.2) is 25.1 Å². The van der Waals surface area contributed by atoms with Crippen molar-refractivity contribution in [2.45, 2.75) is 25.3 Å². The lowest BCUT2D eigenvalue weighted by atomic mass is 10.1. The second kappa shape index (κ2) is 6.75. The number of rotatable bonds is 5. The third kappa shape index (κ3) is 2.90. The lowest BCUT2D eigenvalue weighted by molar-refractivity contribution is -0.121. The molecule has 134 valence electrons. The van der Waals surface area contributed by atoms with Crippen molar-refractivity contribution in [3.63, 3.8) is 0 Å². The molecule has 4 rings (SSSR count). The van der Waals surface area contributed by atoms with Crippen molar-refractivity contribution in [1.82, 2.24) is 10.3 Å². The molecule has 0 spiro atoms. The van der Waals surface area contributed by atoms with Crippen molar-refractivity contribution >= 4 is 16.8 Å². The van der Waals surface area contributed by atoms with Crippen molar-refractivity contribution in [3.8, 4) is 11.5 Å². The van der Waals surface area contributed by atoms with Gasteiger partial charge < -0.3 is 19.8 Å². The number of amides is 1. The van der Waals surface area contributed by atoms with Crippen LogP contribution in [0.5, 0.6) is 11.5 Å². The standard InChI is InChI=1S/C21H22N2O3/c1-25-19-9-13-7-8-18(16(13)11-20(19)26-2)23-21(24)10-14-12-22-17-6-4-3-5-15(14)17/h3-6,9,11-12,18,22H,7-8,10H2,1-2H3,(H,23,24). The van der Waals surface area contributed by atoms with Gasteiger partial charge in [0.1, 0.15) is 0 Å². The SMILES string of the molecule is COc1cc2c(cc1OC)C(NC(=O)Cc1c[nH]c3ccccc13)CC2. The number of aromatic amines is 1. The highest BCUT2D eigenvalue weighted by atomic mass is 16.5. The molecule has 1 atom stereocenters. The zero-order valence-corrected chi connectivity index (χ0v) is 15.0. The third-order valence-corrected chi connectivity index (χ3v) is 5.08. The van der Waals surface area contributed by atoms with E-state index in [-0.39, 0.29) is 11.9 Å². The zero-order valence-electron chi connectivity index (χ0n) is 15.0. The van der Waals surface area contributed by atoms with E-state index in [1.165, 1.54) is 5.56 Å². The second-order valence-electron chi connectivity index (χ2n) is 6.60. The summed E-state index contributed by atoms with van der Waals surface area (Å²) in [6.07, 6.45) is 4.10. The topological polar surface area (TPSA) is 63.4 Å². The van der Waals surface area contributed by atoms with E-state index in [4.69, 9.17) is 9.47 Å². The van der Waals surface area contributed by atoms with E-state index >= 15 is 0 Å². The molecule has 0 saturated carbocycles. The van der Waals surface area contributed by atoms with Crippen molar-refractivity contribution < 1.29 is 14.3 Å². The minimum atomic E-state index is 0.0162. The summed E-state index contributed by atoms with van der Waals surface area (Å²) in [5, 5.41) is 4.28. The van der Waals surface area contributed by atoms with Crippen LogP contribution >= 0.6 is 0 Å². The average molecular weight is 350 g/mol. The lowest BCUT2D eigenvalue weighted by Gasteiger charge is -2.16. The highest BCUT2D eigenvalue weighted by Gasteiger charge is 2.26. The first kappa shape index (κ1) is 16.5. The second-order valence-corrected chi connectivity index (χ2v) is 6.60. The van der Waals surface area contributed by atoms with Crippen LogP contribution in [0.3, 0.4) is 0 Å². The van der Waals surface area contributed by atoms with E-state index in [0.29, 0.717) is 12.2 Å². The number of methoxy groups -OCH3 is 2. The van der Waals surface area contributed by atoms with Gasteiger partial charge in [0.05, 0.1) is 26.7 Å². The van der Waals surface area contributed by atoms with E-state index in [9.17, 15) is 4.79 Å². The first-order valence-corrected chi connectivity index (χ1v) is 8.78. The molecule has 0 aliphatic heterocycles. The summed E-state index contributed by atoms with van der Waals surface area (Å²) < 4.78 is 10.8. The van der Waals surface area contributed by atoms with Gasteiger partial charge in [0.25, 0.3) is 0 Å². The van der Waals surface area contributed by atoms with Crippen LogP contribution in [0.2, 0.25) is 0 Å². The normalized spacial score (nSPS) is 15.7. The number of aromatic nitrogens is 1. The van der Waals surface area contributed by atoms with Gasteiger partial charge in [0.15, 0.2) is 11.5 Å². The molecule has 1 unspecified atom stereocenters. The molecule has 0 fully saturated rings. The number of H-pyrrole nitrogens is 1. The molecule has 2 aromatic carbocycles. The number of aryl methyl sites for hydroxylation is 1. The van der Waals surface area contributed by atoms with Gasteiger partial charge in [-0.2, -0.15) is 0 Å². The summed E-state index contributed by atoms with van der Waals surface area (Å²) in [4.78, 5) is 15.8. The van der Waals surface area contributed by atoms with Gasteiger partial charge in [-0.05, 0) is 47.7 Å². The molecule has 1 aromatic heterocycles. The molecular weight excluding hydrogens is 328 g/mol. The number of ether oxygens (including phenoxy) is 2. The van der Waals surface area contributed by atoms with Crippen LogP contribution in [0.4, 0.5) is 0 Å². The number of para-hydroxylation sites is 1. The maximum atomic E-state index is 12.6. The Bertz CT molecular complexity index is 961. The van der Waals surface area contributed by atoms with Gasteiger partial charge >= 0.3 is 0 Å². The molecule has 5 nitrogen and oxygen atoms in total. The molecule has 1 amide bonds. The van der Waals surface area contributed by atoms with Gasteiger partial charge in [-0.25, -0.2) is 0 Å². The molecule has 5 heteroatoms. The molecular formula is C21H22N2O3. The smallest absolute Gasteiger partial charge is 0.224 e. The summed E-state index contributed by atoms with van der Waals surface area (Å²) >= 11 is 0. The zero-order chi connectivity index (χ0) is 18.1. The minimum Gasteiger partial charge on any atom is -0.493 e. The van der Waals surface area contributed by atoms with Gasteiger partial charge in [-0.1, -0.05) is 18.2 Å². The summed E-state index contributed by atoms with van der Waals surface area (Å²) in [7, 11) is 3.27. The number of carbonyl (C=O) groups is 1. The largest absolute Gasteiger partial charge is 0.493 e. The summed E-state index contributed by atoms with van der Waals surface area (Å²) in [6.45, 7) is 0. The highest BCUT2D eigenvalue weighted by molar-refractivity contribution is 5.89. The fourth-order valence-electron chi connectivity index (χ4n) is 3.78. The molecule has 0 saturated heterocycles. The molecule has 0 bridgehead atoms. The van der Waals surface area contributed by atoms with Crippen molar-refractivity contribution in [1.29, 1.82) is 0 Å². The summed E-state index contributed by atoms with van der Waals surface area (Å²) in [5.74, 6) is 1.46. The number of nitrogens with one attached hydrogen (secondary N) is 2. The number of fused-ring (bicyclic) bond motifs is 2. The quantitative estimate of drug-likeness (QED) is 0.740. The number of hydrogen-bond donors (Lipinski definition) is 2. The predicted molar refractivity (Wildman–Crippen MR) is 101 cm³/mol. The third-order valence-electron chi connectivity index (χ3n) is 5.08. The Labute approximate surface area is 152 Å². The van der Waals surface area contributed by atoms with E-state index in [2.05, 4.69) is 10.3 Å².